The maximum atomic E-state index is 5.65. The minimum Gasteiger partial charge on any atom is -0.339 e. The molecule has 0 aliphatic rings. The van der Waals surface area contributed by atoms with Crippen LogP contribution in [0, 0.1) is 0 Å². The summed E-state index contributed by atoms with van der Waals surface area (Å²) in [6.45, 7) is 0.575. The summed E-state index contributed by atoms with van der Waals surface area (Å²) in [4.78, 5) is 0. The normalized spacial score (nSPS) is 10.8. The number of benzene rings is 1. The Balaban J connectivity index is 2.69. The van der Waals surface area contributed by atoms with E-state index in [0.717, 1.165) is 16.5 Å². The number of hydrogen-bond donors (Lipinski definition) is 2. The van der Waals surface area contributed by atoms with Gasteiger partial charge in [-0.1, -0.05) is 6.07 Å². The van der Waals surface area contributed by atoms with Gasteiger partial charge in [-0.05, 0) is 23.8 Å². The van der Waals surface area contributed by atoms with Gasteiger partial charge >= 0.3 is 0 Å². The van der Waals surface area contributed by atoms with Crippen molar-refractivity contribution in [3.05, 3.63) is 36.0 Å². The van der Waals surface area contributed by atoms with Crippen LogP contribution in [0.4, 0.5) is 0 Å². The summed E-state index contributed by atoms with van der Waals surface area (Å²) in [5.41, 5.74) is 7.68. The number of aromatic nitrogens is 1. The molecule has 0 radical (unpaired) electrons. The third-order valence-electron chi connectivity index (χ3n) is 2.02. The fraction of sp³-hybridized carbons (Fsp3) is 0.111. The Morgan fingerprint density at radius 1 is 1.25 bits per heavy atom. The van der Waals surface area contributed by atoms with Gasteiger partial charge in [-0.25, -0.2) is 0 Å². The summed E-state index contributed by atoms with van der Waals surface area (Å²) in [5, 5.41) is 1.14. The van der Waals surface area contributed by atoms with E-state index >= 15 is 0 Å². The predicted molar refractivity (Wildman–Crippen MR) is 50.0 cm³/mol. The fourth-order valence-electron chi connectivity index (χ4n) is 1.34. The van der Waals surface area contributed by atoms with Gasteiger partial charge in [0.1, 0.15) is 0 Å². The third kappa shape index (κ3) is 0.950. The van der Waals surface area contributed by atoms with Gasteiger partial charge in [0.25, 0.3) is 0 Å². The van der Waals surface area contributed by atoms with Gasteiger partial charge in [0, 0.05) is 18.1 Å². The summed E-state index contributed by atoms with van der Waals surface area (Å²) >= 11 is 0. The molecule has 0 amide bonds. The second kappa shape index (κ2) is 2.53. The van der Waals surface area contributed by atoms with Crippen molar-refractivity contribution in [1.82, 2.24) is 4.68 Å². The molecule has 4 N–H and O–H groups in total. The number of hydrogen-bond acceptors (Lipinski definition) is 2. The first-order valence-corrected chi connectivity index (χ1v) is 3.86. The highest BCUT2D eigenvalue weighted by molar-refractivity contribution is 5.80. The second-order valence-electron chi connectivity index (χ2n) is 2.82. The second-order valence-corrected chi connectivity index (χ2v) is 2.82. The lowest BCUT2D eigenvalue weighted by Gasteiger charge is -1.98. The summed E-state index contributed by atoms with van der Waals surface area (Å²) in [7, 11) is 0. The molecular weight excluding hydrogens is 150 g/mol. The number of nitrogens with zero attached hydrogens (tertiary/aromatic N) is 1. The van der Waals surface area contributed by atoms with Crippen LogP contribution in [0.1, 0.15) is 5.56 Å². The molecule has 1 heterocycles. The molecule has 0 unspecified atom stereocenters. The topological polar surface area (TPSA) is 57.0 Å². The zero-order valence-corrected chi connectivity index (χ0v) is 6.70. The van der Waals surface area contributed by atoms with Crippen molar-refractivity contribution >= 4 is 10.9 Å². The lowest BCUT2D eigenvalue weighted by Crippen LogP contribution is -2.05. The van der Waals surface area contributed by atoms with Gasteiger partial charge < -0.3 is 11.6 Å². The number of nitrogen functional groups attached to an aromatic ring is 1. The van der Waals surface area contributed by atoms with Crippen molar-refractivity contribution in [3.8, 4) is 0 Å². The summed E-state index contributed by atoms with van der Waals surface area (Å²) < 4.78 is 1.61. The van der Waals surface area contributed by atoms with E-state index in [1.807, 2.05) is 24.4 Å². The SMILES string of the molecule is NCc1ccc2c(ccn2N)c1. The molecule has 1 aromatic heterocycles. The molecule has 0 atom stereocenters. The van der Waals surface area contributed by atoms with Gasteiger partial charge in [-0.3, -0.25) is 4.68 Å². The highest BCUT2D eigenvalue weighted by Crippen LogP contribution is 2.15. The van der Waals surface area contributed by atoms with E-state index in [0.29, 0.717) is 6.54 Å². The van der Waals surface area contributed by atoms with Gasteiger partial charge in [-0.2, -0.15) is 0 Å². The van der Waals surface area contributed by atoms with Crippen molar-refractivity contribution in [1.29, 1.82) is 0 Å². The van der Waals surface area contributed by atoms with Crippen LogP contribution in [0.15, 0.2) is 30.5 Å². The Labute approximate surface area is 70.5 Å². The van der Waals surface area contributed by atoms with Crippen LogP contribution < -0.4 is 11.6 Å². The Hall–Kier alpha value is -1.48. The lowest BCUT2D eigenvalue weighted by atomic mass is 10.1. The number of nitrogens with two attached hydrogens (primary N) is 2. The molecule has 0 aliphatic carbocycles. The average Bonchev–Trinajstić information content (AvgIpc) is 2.47. The largest absolute Gasteiger partial charge is 0.339 e. The van der Waals surface area contributed by atoms with Crippen molar-refractivity contribution in [3.63, 3.8) is 0 Å². The molecule has 0 aliphatic heterocycles. The van der Waals surface area contributed by atoms with Crippen LogP contribution in [-0.4, -0.2) is 4.68 Å². The van der Waals surface area contributed by atoms with Crippen LogP contribution in [0.5, 0.6) is 0 Å². The molecule has 62 valence electrons. The van der Waals surface area contributed by atoms with Crippen LogP contribution >= 0.6 is 0 Å². The Bertz CT molecular complexity index is 403. The van der Waals surface area contributed by atoms with Crippen molar-refractivity contribution < 1.29 is 0 Å². The van der Waals surface area contributed by atoms with Gasteiger partial charge in [0.05, 0.1) is 5.52 Å². The molecule has 0 saturated carbocycles. The molecule has 2 aromatic rings. The lowest BCUT2D eigenvalue weighted by molar-refractivity contribution is 1.06. The Morgan fingerprint density at radius 2 is 2.08 bits per heavy atom. The molecule has 1 aromatic carbocycles. The zero-order chi connectivity index (χ0) is 8.55. The maximum Gasteiger partial charge on any atom is 0.0690 e. The van der Waals surface area contributed by atoms with Crippen LogP contribution in [-0.2, 0) is 6.54 Å². The van der Waals surface area contributed by atoms with E-state index in [4.69, 9.17) is 11.6 Å². The van der Waals surface area contributed by atoms with Crippen LogP contribution in [0.3, 0.4) is 0 Å². The molecule has 0 bridgehead atoms. The van der Waals surface area contributed by atoms with E-state index in [2.05, 4.69) is 6.07 Å². The molecule has 3 heteroatoms. The average molecular weight is 161 g/mol. The van der Waals surface area contributed by atoms with E-state index < -0.39 is 0 Å². The van der Waals surface area contributed by atoms with Gasteiger partial charge in [-0.15, -0.1) is 0 Å². The van der Waals surface area contributed by atoms with Crippen molar-refractivity contribution in [2.45, 2.75) is 6.54 Å². The van der Waals surface area contributed by atoms with Crippen molar-refractivity contribution in [2.75, 3.05) is 5.84 Å². The molecular formula is C9H11N3. The van der Waals surface area contributed by atoms with Crippen LogP contribution in [0.25, 0.3) is 10.9 Å². The summed E-state index contributed by atoms with van der Waals surface area (Å²) in [5.74, 6) is 5.65. The molecule has 0 saturated heterocycles. The molecule has 3 nitrogen and oxygen atoms in total. The molecule has 0 fully saturated rings. The fourth-order valence-corrected chi connectivity index (χ4v) is 1.34. The standard InChI is InChI=1S/C9H11N3/c10-6-7-1-2-9-8(5-7)3-4-12(9)11/h1-5H,6,10-11H2. The summed E-state index contributed by atoms with van der Waals surface area (Å²) in [6, 6.07) is 8.01. The predicted octanol–water partition coefficient (Wildman–Crippen LogP) is 0.814. The van der Waals surface area contributed by atoms with E-state index in [1.165, 1.54) is 0 Å². The summed E-state index contributed by atoms with van der Waals surface area (Å²) in [6.07, 6.45) is 1.84. The maximum absolute atomic E-state index is 5.65. The number of rotatable bonds is 1. The molecule has 12 heavy (non-hydrogen) atoms. The Morgan fingerprint density at radius 3 is 2.83 bits per heavy atom. The molecule has 0 spiro atoms. The third-order valence-corrected chi connectivity index (χ3v) is 2.02. The van der Waals surface area contributed by atoms with E-state index in [9.17, 15) is 0 Å². The minimum atomic E-state index is 0.575. The smallest absolute Gasteiger partial charge is 0.0690 e. The first-order valence-electron chi connectivity index (χ1n) is 3.86. The highest BCUT2D eigenvalue weighted by atomic mass is 15.3. The van der Waals surface area contributed by atoms with E-state index in [-0.39, 0.29) is 0 Å². The Kier molecular flexibility index (Phi) is 1.52. The van der Waals surface area contributed by atoms with Gasteiger partial charge in [0.15, 0.2) is 0 Å². The number of fused-ring (bicyclic) bond motifs is 1. The minimum absolute atomic E-state index is 0.575. The molecule has 2 rings (SSSR count). The zero-order valence-electron chi connectivity index (χ0n) is 6.70. The van der Waals surface area contributed by atoms with Gasteiger partial charge in [0.2, 0.25) is 0 Å². The quantitative estimate of drug-likeness (QED) is 0.608. The van der Waals surface area contributed by atoms with Crippen molar-refractivity contribution in [2.24, 2.45) is 5.73 Å². The first kappa shape index (κ1) is 7.18. The highest BCUT2D eigenvalue weighted by Gasteiger charge is 1.97. The first-order chi connectivity index (χ1) is 5.81. The monoisotopic (exact) mass is 161 g/mol. The van der Waals surface area contributed by atoms with E-state index in [1.54, 1.807) is 4.68 Å². The van der Waals surface area contributed by atoms with Crippen LogP contribution in [0.2, 0.25) is 0 Å².